The van der Waals surface area contributed by atoms with Gasteiger partial charge in [0.2, 0.25) is 0 Å². The summed E-state index contributed by atoms with van der Waals surface area (Å²) in [6.07, 6.45) is 5.70. The molecule has 136 heavy (non-hydrogen) atoms. The zero-order valence-electron chi connectivity index (χ0n) is 76.0. The van der Waals surface area contributed by atoms with Gasteiger partial charge in [0.1, 0.15) is 0 Å². The second-order valence-corrected chi connectivity index (χ2v) is 36.8. The molecular weight excluding hydrogens is 1650 g/mol. The highest BCUT2D eigenvalue weighted by atomic mass is 15.2. The summed E-state index contributed by atoms with van der Waals surface area (Å²) >= 11 is 0. The molecule has 0 amide bonds. The third kappa shape index (κ3) is 13.9. The molecule has 0 spiro atoms. The molecular formula is C130H94N6. The van der Waals surface area contributed by atoms with Gasteiger partial charge >= 0.3 is 0 Å². The number of pyridine rings is 3. The van der Waals surface area contributed by atoms with Crippen molar-refractivity contribution in [1.82, 2.24) is 15.0 Å². The number of aromatic nitrogens is 3. The minimum atomic E-state index is -0.500. The first-order chi connectivity index (χ1) is 67.0. The van der Waals surface area contributed by atoms with Gasteiger partial charge in [-0.25, -0.2) is 0 Å². The van der Waals surface area contributed by atoms with Crippen LogP contribution in [0.3, 0.4) is 0 Å². The van der Waals surface area contributed by atoms with Crippen molar-refractivity contribution in [3.05, 3.63) is 542 Å². The fraction of sp³-hybridized carbons (Fsp3) is 0.0538. The molecule has 3 aliphatic rings. The van der Waals surface area contributed by atoms with Gasteiger partial charge < -0.3 is 14.7 Å². The second kappa shape index (κ2) is 33.9. The molecule has 6 nitrogen and oxygen atoms in total. The maximum absolute atomic E-state index is 4.95. The Bertz CT molecular complexity index is 8470. The SMILES string of the molecule is CC1(C)c2ccccc2-c2ccc(N(c3ccc(-c4ccccc4)cc3)c3cccc4ccc5cccnc5c34)cc21.CC1(C)c2ccccc2-c2cccc(N(c3ccc(-c4ccccc4)cc3)c3cccc4ccc5cccnc5c34)c21.c1ccc(-c2ccc(N(c3ccc4c(c3)C(c3ccccc3)(c3ccccc3)c3ccccc3-4)c3cccc4ccc5cccnc5c34)cc2)cc1. The Kier molecular flexibility index (Phi) is 20.4. The Morgan fingerprint density at radius 1 is 0.184 bits per heavy atom. The van der Waals surface area contributed by atoms with Crippen LogP contribution in [0.15, 0.2) is 498 Å². The summed E-state index contributed by atoms with van der Waals surface area (Å²) in [6, 6.07) is 174. The van der Waals surface area contributed by atoms with Gasteiger partial charge in [-0.3, -0.25) is 15.0 Å². The number of benzene rings is 20. The van der Waals surface area contributed by atoms with Crippen molar-refractivity contribution in [2.75, 3.05) is 14.7 Å². The summed E-state index contributed by atoms with van der Waals surface area (Å²) in [5.74, 6) is 0. The third-order valence-corrected chi connectivity index (χ3v) is 28.5. The molecule has 3 heterocycles. The zero-order valence-corrected chi connectivity index (χ0v) is 76.0. The molecule has 0 radical (unpaired) electrons. The van der Waals surface area contributed by atoms with Crippen LogP contribution in [0.4, 0.5) is 51.2 Å². The molecule has 23 aromatic rings. The van der Waals surface area contributed by atoms with Gasteiger partial charge in [-0.2, -0.15) is 0 Å². The van der Waals surface area contributed by atoms with Gasteiger partial charge in [0.25, 0.3) is 0 Å². The molecule has 20 aromatic carbocycles. The van der Waals surface area contributed by atoms with Crippen LogP contribution in [-0.2, 0) is 16.2 Å². The van der Waals surface area contributed by atoms with E-state index in [9.17, 15) is 0 Å². The Labute approximate surface area is 793 Å². The number of hydrogen-bond donors (Lipinski definition) is 0. The maximum atomic E-state index is 4.95. The molecule has 0 saturated carbocycles. The molecule has 0 N–H and O–H groups in total. The van der Waals surface area contributed by atoms with Gasteiger partial charge in [0, 0.05) is 90.2 Å². The van der Waals surface area contributed by atoms with Crippen LogP contribution in [-0.4, -0.2) is 15.0 Å². The van der Waals surface area contributed by atoms with Crippen molar-refractivity contribution in [3.63, 3.8) is 0 Å². The molecule has 0 atom stereocenters. The van der Waals surface area contributed by atoms with E-state index in [1.54, 1.807) is 0 Å². The average Bonchev–Trinajstić information content (AvgIpc) is 1.57. The molecule has 6 heteroatoms. The van der Waals surface area contributed by atoms with E-state index in [4.69, 9.17) is 15.0 Å². The number of anilines is 9. The standard InChI is InChI=1S/C50H34N2.2C40H30N2/c1-4-14-35(15-5-1)36-27-29-41(30-28-36)52(47-24-12-16-37-25-26-38-17-13-33-51-49(38)48(37)47)42-31-32-44-43-22-10-11-23-45(43)50(46(44)34-42,39-18-6-2-7-19-39)40-20-8-3-9-21-40;1-40(2)34-17-7-6-15-32(34)33-16-9-19-36(38(33)40)42(31-24-22-28(23-25-31)27-11-4-3-5-12-27)35-18-8-13-29-20-21-30-14-10-26-41-39(30)37(29)35;1-40(2)35-15-7-6-14-33(35)34-24-23-32(26-36(34)40)42(31-21-19-28(20-22-31)27-10-4-3-5-11-27)37-16-8-12-29-17-18-30-13-9-25-41-39(30)38(29)37/h1-34H;2*3-26H,1-2H3. The quantitative estimate of drug-likeness (QED) is 0.101. The Hall–Kier alpha value is -17.2. The van der Waals surface area contributed by atoms with Gasteiger partial charge in [-0.15, -0.1) is 0 Å². The lowest BCUT2D eigenvalue weighted by atomic mass is 9.67. The van der Waals surface area contributed by atoms with Gasteiger partial charge in [0.05, 0.1) is 44.7 Å². The first-order valence-corrected chi connectivity index (χ1v) is 47.0. The summed E-state index contributed by atoms with van der Waals surface area (Å²) in [6.45, 7) is 9.40. The van der Waals surface area contributed by atoms with Crippen LogP contribution in [0, 0.1) is 0 Å². The lowest BCUT2D eigenvalue weighted by Crippen LogP contribution is -2.28. The molecule has 0 saturated heterocycles. The van der Waals surface area contributed by atoms with Crippen LogP contribution in [0.25, 0.3) is 132 Å². The van der Waals surface area contributed by atoms with E-state index in [2.05, 4.69) is 503 Å². The van der Waals surface area contributed by atoms with E-state index in [0.717, 1.165) is 99.8 Å². The molecule has 0 fully saturated rings. The molecule has 0 aliphatic heterocycles. The van der Waals surface area contributed by atoms with Crippen molar-refractivity contribution in [1.29, 1.82) is 0 Å². The van der Waals surface area contributed by atoms with Crippen LogP contribution in [0.2, 0.25) is 0 Å². The largest absolute Gasteiger partial charge is 0.310 e. The van der Waals surface area contributed by atoms with Crippen molar-refractivity contribution in [2.45, 2.75) is 43.9 Å². The van der Waals surface area contributed by atoms with Crippen LogP contribution in [0.1, 0.15) is 72.2 Å². The minimum Gasteiger partial charge on any atom is -0.310 e. The highest BCUT2D eigenvalue weighted by Crippen LogP contribution is 2.60. The minimum absolute atomic E-state index is 0.0855. The summed E-state index contributed by atoms with van der Waals surface area (Å²) < 4.78 is 0. The summed E-state index contributed by atoms with van der Waals surface area (Å²) in [5.41, 5.74) is 38.0. The highest BCUT2D eigenvalue weighted by molar-refractivity contribution is 6.17. The van der Waals surface area contributed by atoms with E-state index >= 15 is 0 Å². The predicted molar refractivity (Wildman–Crippen MR) is 571 cm³/mol. The normalized spacial score (nSPS) is 13.0. The zero-order chi connectivity index (χ0) is 91.0. The first-order valence-electron chi connectivity index (χ1n) is 47.0. The first kappa shape index (κ1) is 82.0. The fourth-order valence-electron chi connectivity index (χ4n) is 22.2. The Morgan fingerprint density at radius 3 is 0.897 bits per heavy atom. The van der Waals surface area contributed by atoms with Gasteiger partial charge in [0.15, 0.2) is 0 Å². The van der Waals surface area contributed by atoms with E-state index < -0.39 is 5.41 Å². The summed E-state index contributed by atoms with van der Waals surface area (Å²) in [5, 5.41) is 10.4. The Morgan fingerprint density at radius 2 is 0.471 bits per heavy atom. The Balaban J connectivity index is 0.000000112. The lowest BCUT2D eigenvalue weighted by Gasteiger charge is -2.35. The predicted octanol–water partition coefficient (Wildman–Crippen LogP) is 34.6. The van der Waals surface area contributed by atoms with Gasteiger partial charge in [-0.05, 0) is 231 Å². The second-order valence-electron chi connectivity index (χ2n) is 36.8. The molecule has 3 aromatic heterocycles. The number of fused-ring (bicyclic) bond motifs is 18. The highest BCUT2D eigenvalue weighted by Gasteiger charge is 2.47. The maximum Gasteiger partial charge on any atom is 0.0801 e. The van der Waals surface area contributed by atoms with Crippen LogP contribution >= 0.6 is 0 Å². The van der Waals surface area contributed by atoms with Crippen molar-refractivity contribution in [3.8, 4) is 66.8 Å². The average molecular weight is 1740 g/mol. The van der Waals surface area contributed by atoms with E-state index in [1.807, 2.05) is 36.8 Å². The topological polar surface area (TPSA) is 48.4 Å². The van der Waals surface area contributed by atoms with Crippen LogP contribution < -0.4 is 14.7 Å². The van der Waals surface area contributed by atoms with Gasteiger partial charge in [-0.1, -0.05) is 404 Å². The molecule has 644 valence electrons. The molecule has 0 unspecified atom stereocenters. The third-order valence-electron chi connectivity index (χ3n) is 28.5. The number of nitrogens with zero attached hydrogens (tertiary/aromatic N) is 6. The van der Waals surface area contributed by atoms with Crippen LogP contribution in [0.5, 0.6) is 0 Å². The van der Waals surface area contributed by atoms with Crippen molar-refractivity contribution >= 4 is 116 Å². The lowest BCUT2D eigenvalue weighted by molar-refractivity contribution is 0.660. The van der Waals surface area contributed by atoms with E-state index in [-0.39, 0.29) is 10.8 Å². The van der Waals surface area contributed by atoms with E-state index in [0.29, 0.717) is 0 Å². The number of hydrogen-bond acceptors (Lipinski definition) is 6. The van der Waals surface area contributed by atoms with Crippen molar-refractivity contribution < 1.29 is 0 Å². The summed E-state index contributed by atoms with van der Waals surface area (Å²) in [7, 11) is 0. The monoisotopic (exact) mass is 1740 g/mol. The smallest absolute Gasteiger partial charge is 0.0801 e. The van der Waals surface area contributed by atoms with E-state index in [1.165, 1.54) is 128 Å². The molecule has 3 aliphatic carbocycles. The molecule has 26 rings (SSSR count). The summed E-state index contributed by atoms with van der Waals surface area (Å²) in [4.78, 5) is 22.0. The van der Waals surface area contributed by atoms with Crippen molar-refractivity contribution in [2.24, 2.45) is 0 Å². The number of rotatable bonds is 14. The fourth-order valence-corrected chi connectivity index (χ4v) is 22.2. The molecule has 0 bridgehead atoms.